The van der Waals surface area contributed by atoms with E-state index in [4.69, 9.17) is 0 Å². The van der Waals surface area contributed by atoms with Gasteiger partial charge < -0.3 is 15.7 Å². The van der Waals surface area contributed by atoms with Gasteiger partial charge in [-0.25, -0.2) is 0 Å². The Morgan fingerprint density at radius 2 is 1.46 bits per heavy atom. The van der Waals surface area contributed by atoms with E-state index in [2.05, 4.69) is 10.6 Å². The molecular formula is C20H21F3N2O3. The maximum atomic E-state index is 12.5. The van der Waals surface area contributed by atoms with E-state index in [0.717, 1.165) is 29.8 Å². The largest absolute Gasteiger partial charge is 0.416 e. The van der Waals surface area contributed by atoms with Gasteiger partial charge >= 0.3 is 18.0 Å². The van der Waals surface area contributed by atoms with Crippen molar-refractivity contribution >= 4 is 17.5 Å². The third-order valence-corrected chi connectivity index (χ3v) is 4.12. The number of alkyl halides is 3. The number of aliphatic hydroxyl groups excluding tert-OH is 1. The van der Waals surface area contributed by atoms with Crippen LogP contribution in [0, 0.1) is 0 Å². The van der Waals surface area contributed by atoms with Gasteiger partial charge in [-0.05, 0) is 41.3 Å². The third-order valence-electron chi connectivity index (χ3n) is 4.12. The van der Waals surface area contributed by atoms with E-state index in [1.165, 1.54) is 0 Å². The number of carbonyl (C=O) groups excluding carboxylic acids is 2. The van der Waals surface area contributed by atoms with Crippen LogP contribution in [-0.4, -0.2) is 23.5 Å². The Hall–Kier alpha value is -2.87. The minimum Gasteiger partial charge on any atom is -0.387 e. The van der Waals surface area contributed by atoms with E-state index >= 15 is 0 Å². The molecule has 1 atom stereocenters. The summed E-state index contributed by atoms with van der Waals surface area (Å²) in [6, 6.07) is 11.0. The van der Waals surface area contributed by atoms with E-state index in [-0.39, 0.29) is 12.1 Å². The summed E-state index contributed by atoms with van der Waals surface area (Å²) in [6.07, 6.45) is -5.72. The highest BCUT2D eigenvalue weighted by Gasteiger charge is 2.30. The topological polar surface area (TPSA) is 78.4 Å². The summed E-state index contributed by atoms with van der Waals surface area (Å²) < 4.78 is 37.6. The summed E-state index contributed by atoms with van der Waals surface area (Å²) in [4.78, 5) is 23.8. The van der Waals surface area contributed by atoms with Gasteiger partial charge in [0.1, 0.15) is 0 Å². The van der Waals surface area contributed by atoms with E-state index in [0.29, 0.717) is 11.6 Å². The molecule has 0 spiro atoms. The van der Waals surface area contributed by atoms with Crippen LogP contribution in [0.15, 0.2) is 48.5 Å². The number of halogens is 3. The molecule has 0 aliphatic heterocycles. The van der Waals surface area contributed by atoms with Crippen LogP contribution in [-0.2, 0) is 15.8 Å². The maximum absolute atomic E-state index is 12.5. The summed E-state index contributed by atoms with van der Waals surface area (Å²) in [5.41, 5.74) is 0.892. The number of aliphatic hydroxyl groups is 1. The summed E-state index contributed by atoms with van der Waals surface area (Å²) >= 11 is 0. The van der Waals surface area contributed by atoms with Crippen LogP contribution in [0.2, 0.25) is 0 Å². The SMILES string of the molecule is CC(C)c1ccc(NC(=O)C(=O)NCC(O)c2ccc(C(F)(F)F)cc2)cc1. The van der Waals surface area contributed by atoms with Gasteiger partial charge in [0, 0.05) is 12.2 Å². The maximum Gasteiger partial charge on any atom is 0.416 e. The molecule has 0 aliphatic carbocycles. The van der Waals surface area contributed by atoms with Gasteiger partial charge in [0.15, 0.2) is 0 Å². The summed E-state index contributed by atoms with van der Waals surface area (Å²) in [7, 11) is 0. The average Bonchev–Trinajstić information content (AvgIpc) is 2.65. The minimum atomic E-state index is -4.47. The molecule has 0 aromatic heterocycles. The van der Waals surface area contributed by atoms with Crippen LogP contribution in [0.4, 0.5) is 18.9 Å². The lowest BCUT2D eigenvalue weighted by Gasteiger charge is -2.14. The van der Waals surface area contributed by atoms with Crippen molar-refractivity contribution in [2.24, 2.45) is 0 Å². The second-order valence-corrected chi connectivity index (χ2v) is 6.58. The first kappa shape index (κ1) is 21.4. The van der Waals surface area contributed by atoms with Crippen LogP contribution >= 0.6 is 0 Å². The molecule has 0 bridgehead atoms. The van der Waals surface area contributed by atoms with E-state index in [9.17, 15) is 27.9 Å². The van der Waals surface area contributed by atoms with E-state index in [1.54, 1.807) is 12.1 Å². The molecule has 1 unspecified atom stereocenters. The zero-order valence-electron chi connectivity index (χ0n) is 15.4. The molecule has 2 aromatic rings. The number of benzene rings is 2. The van der Waals surface area contributed by atoms with Crippen molar-refractivity contribution < 1.29 is 27.9 Å². The van der Waals surface area contributed by atoms with Crippen molar-refractivity contribution in [3.8, 4) is 0 Å². The molecule has 0 saturated carbocycles. The lowest BCUT2D eigenvalue weighted by Crippen LogP contribution is -2.37. The molecule has 2 aromatic carbocycles. The molecule has 0 aliphatic rings. The number of carbonyl (C=O) groups is 2. The molecule has 0 saturated heterocycles. The van der Waals surface area contributed by atoms with Gasteiger partial charge in [-0.1, -0.05) is 38.1 Å². The number of rotatable bonds is 5. The highest BCUT2D eigenvalue weighted by atomic mass is 19.4. The number of hydrogen-bond donors (Lipinski definition) is 3. The van der Waals surface area contributed by atoms with E-state index < -0.39 is 29.7 Å². The first-order chi connectivity index (χ1) is 13.1. The fourth-order valence-corrected chi connectivity index (χ4v) is 2.42. The molecule has 2 rings (SSSR count). The molecule has 3 N–H and O–H groups in total. The molecular weight excluding hydrogens is 373 g/mol. The third kappa shape index (κ3) is 5.82. The normalized spacial score (nSPS) is 12.5. The smallest absolute Gasteiger partial charge is 0.387 e. The Kier molecular flexibility index (Phi) is 6.80. The quantitative estimate of drug-likeness (QED) is 0.678. The molecule has 0 radical (unpaired) electrons. The molecule has 150 valence electrons. The summed E-state index contributed by atoms with van der Waals surface area (Å²) in [6.45, 7) is 3.75. The number of nitrogens with one attached hydrogen (secondary N) is 2. The van der Waals surface area contributed by atoms with Gasteiger partial charge in [-0.2, -0.15) is 13.2 Å². The second kappa shape index (κ2) is 8.88. The van der Waals surface area contributed by atoms with E-state index in [1.807, 2.05) is 26.0 Å². The molecule has 0 fully saturated rings. The Morgan fingerprint density at radius 3 is 1.96 bits per heavy atom. The van der Waals surface area contributed by atoms with Crippen molar-refractivity contribution in [1.29, 1.82) is 0 Å². The predicted octanol–water partition coefficient (Wildman–Crippen LogP) is 3.62. The van der Waals surface area contributed by atoms with Crippen LogP contribution in [0.1, 0.15) is 42.6 Å². The van der Waals surface area contributed by atoms with Crippen LogP contribution in [0.3, 0.4) is 0 Å². The molecule has 2 amide bonds. The molecule has 28 heavy (non-hydrogen) atoms. The van der Waals surface area contributed by atoms with Gasteiger partial charge in [0.2, 0.25) is 0 Å². The fraction of sp³-hybridized carbons (Fsp3) is 0.300. The number of hydrogen-bond acceptors (Lipinski definition) is 3. The lowest BCUT2D eigenvalue weighted by molar-refractivity contribution is -0.137. The number of anilines is 1. The molecule has 5 nitrogen and oxygen atoms in total. The minimum absolute atomic E-state index is 0.193. The van der Waals surface area contributed by atoms with Gasteiger partial charge in [-0.3, -0.25) is 9.59 Å². The monoisotopic (exact) mass is 394 g/mol. The highest BCUT2D eigenvalue weighted by molar-refractivity contribution is 6.39. The van der Waals surface area contributed by atoms with Crippen LogP contribution in [0.5, 0.6) is 0 Å². The Balaban J connectivity index is 1.87. The standard InChI is InChI=1S/C20H21F3N2O3/c1-12(2)13-5-9-16(10-6-13)25-19(28)18(27)24-11-17(26)14-3-7-15(8-4-14)20(21,22)23/h3-10,12,17,26H,11H2,1-2H3,(H,24,27)(H,25,28). The van der Waals surface area contributed by atoms with Crippen molar-refractivity contribution in [3.05, 3.63) is 65.2 Å². The Bertz CT molecular complexity index is 816. The zero-order chi connectivity index (χ0) is 20.9. The molecule has 0 heterocycles. The fourth-order valence-electron chi connectivity index (χ4n) is 2.42. The summed E-state index contributed by atoms with van der Waals surface area (Å²) in [5.74, 6) is -1.53. The lowest BCUT2D eigenvalue weighted by atomic mass is 10.0. The first-order valence-corrected chi connectivity index (χ1v) is 8.62. The van der Waals surface area contributed by atoms with Crippen molar-refractivity contribution in [1.82, 2.24) is 5.32 Å². The van der Waals surface area contributed by atoms with Gasteiger partial charge in [-0.15, -0.1) is 0 Å². The molecule has 8 heteroatoms. The zero-order valence-corrected chi connectivity index (χ0v) is 15.4. The van der Waals surface area contributed by atoms with Crippen molar-refractivity contribution in [2.75, 3.05) is 11.9 Å². The average molecular weight is 394 g/mol. The predicted molar refractivity (Wildman–Crippen MR) is 98.6 cm³/mol. The van der Waals surface area contributed by atoms with Crippen LogP contribution in [0.25, 0.3) is 0 Å². The van der Waals surface area contributed by atoms with Gasteiger partial charge in [0.05, 0.1) is 11.7 Å². The highest BCUT2D eigenvalue weighted by Crippen LogP contribution is 2.29. The number of amides is 2. The summed E-state index contributed by atoms with van der Waals surface area (Å²) in [5, 5.41) is 14.7. The van der Waals surface area contributed by atoms with Crippen molar-refractivity contribution in [3.63, 3.8) is 0 Å². The van der Waals surface area contributed by atoms with Crippen molar-refractivity contribution in [2.45, 2.75) is 32.0 Å². The Morgan fingerprint density at radius 1 is 0.929 bits per heavy atom. The first-order valence-electron chi connectivity index (χ1n) is 8.62. The van der Waals surface area contributed by atoms with Gasteiger partial charge in [0.25, 0.3) is 0 Å². The van der Waals surface area contributed by atoms with Crippen LogP contribution < -0.4 is 10.6 Å². The second-order valence-electron chi connectivity index (χ2n) is 6.58. The Labute approximate surface area is 160 Å².